The third kappa shape index (κ3) is 3.23. The fraction of sp³-hybridized carbons (Fsp3) is 0.545. The molecule has 0 spiro atoms. The van der Waals surface area contributed by atoms with E-state index in [0.717, 1.165) is 5.00 Å². The molecule has 0 bridgehead atoms. The largest absolute Gasteiger partial charge is 0.306 e. The number of amides is 1. The second-order valence-electron chi connectivity index (χ2n) is 3.95. The molecule has 0 aliphatic heterocycles. The van der Waals surface area contributed by atoms with Crippen LogP contribution in [0.25, 0.3) is 0 Å². The number of thioether (sulfide) groups is 1. The maximum atomic E-state index is 11.8. The van der Waals surface area contributed by atoms with Gasteiger partial charge in [-0.2, -0.15) is 0 Å². The van der Waals surface area contributed by atoms with Crippen LogP contribution in [0, 0.1) is 6.92 Å². The molecule has 0 aromatic carbocycles. The van der Waals surface area contributed by atoms with E-state index in [1.807, 2.05) is 26.0 Å². The third-order valence-corrected chi connectivity index (χ3v) is 4.75. The van der Waals surface area contributed by atoms with Crippen LogP contribution in [0.15, 0.2) is 10.3 Å². The van der Waals surface area contributed by atoms with E-state index in [9.17, 15) is 4.79 Å². The highest BCUT2D eigenvalue weighted by Gasteiger charge is 2.15. The monoisotopic (exact) mass is 258 g/mol. The Labute approximate surface area is 105 Å². The molecular weight excluding hydrogens is 240 g/mol. The molecule has 0 unspecified atom stereocenters. The van der Waals surface area contributed by atoms with Crippen molar-refractivity contribution in [3.63, 3.8) is 0 Å². The van der Waals surface area contributed by atoms with Crippen LogP contribution in [0.3, 0.4) is 0 Å². The van der Waals surface area contributed by atoms with Crippen LogP contribution in [0.4, 0.5) is 5.00 Å². The van der Waals surface area contributed by atoms with Crippen molar-refractivity contribution in [1.29, 1.82) is 0 Å². The van der Waals surface area contributed by atoms with Gasteiger partial charge in [0, 0.05) is 7.05 Å². The molecule has 3 nitrogen and oxygen atoms in total. The van der Waals surface area contributed by atoms with Crippen LogP contribution < -0.4 is 4.90 Å². The number of aryl methyl sites for hydroxylation is 1. The molecule has 0 aliphatic carbocycles. The Bertz CT molecular complexity index is 374. The van der Waals surface area contributed by atoms with Gasteiger partial charge in [-0.15, -0.1) is 23.1 Å². The van der Waals surface area contributed by atoms with Crippen LogP contribution in [0.1, 0.15) is 5.56 Å². The molecular formula is C11H18N2OS2. The Kier molecular flexibility index (Phi) is 4.83. The van der Waals surface area contributed by atoms with Gasteiger partial charge in [0.2, 0.25) is 5.91 Å². The molecule has 5 heteroatoms. The zero-order chi connectivity index (χ0) is 12.3. The van der Waals surface area contributed by atoms with E-state index in [0.29, 0.717) is 6.54 Å². The van der Waals surface area contributed by atoms with E-state index >= 15 is 0 Å². The van der Waals surface area contributed by atoms with Gasteiger partial charge in [-0.05, 0) is 38.9 Å². The summed E-state index contributed by atoms with van der Waals surface area (Å²) in [6, 6.07) is 2.07. The zero-order valence-electron chi connectivity index (χ0n) is 10.4. The van der Waals surface area contributed by atoms with E-state index in [1.165, 1.54) is 9.77 Å². The first-order valence-corrected chi connectivity index (χ1v) is 7.05. The van der Waals surface area contributed by atoms with E-state index in [1.54, 1.807) is 28.0 Å². The van der Waals surface area contributed by atoms with Crippen molar-refractivity contribution in [3.05, 3.63) is 11.6 Å². The summed E-state index contributed by atoms with van der Waals surface area (Å²) in [5.74, 6) is 0.124. The van der Waals surface area contributed by atoms with E-state index in [2.05, 4.69) is 19.2 Å². The summed E-state index contributed by atoms with van der Waals surface area (Å²) in [6.07, 6.45) is 2.06. The highest BCUT2D eigenvalue weighted by molar-refractivity contribution is 8.00. The topological polar surface area (TPSA) is 23.6 Å². The Morgan fingerprint density at radius 3 is 2.50 bits per heavy atom. The molecule has 0 aliphatic rings. The molecule has 0 N–H and O–H groups in total. The van der Waals surface area contributed by atoms with Gasteiger partial charge in [0.05, 0.1) is 15.8 Å². The fourth-order valence-electron chi connectivity index (χ4n) is 1.32. The summed E-state index contributed by atoms with van der Waals surface area (Å²) in [7, 11) is 5.64. The number of anilines is 1. The lowest BCUT2D eigenvalue weighted by Crippen LogP contribution is -2.34. The first kappa shape index (κ1) is 13.5. The van der Waals surface area contributed by atoms with Gasteiger partial charge in [-0.1, -0.05) is 0 Å². The maximum absolute atomic E-state index is 11.8. The molecule has 90 valence electrons. The minimum absolute atomic E-state index is 0.124. The van der Waals surface area contributed by atoms with Crippen LogP contribution in [0.2, 0.25) is 0 Å². The van der Waals surface area contributed by atoms with Crippen LogP contribution in [-0.4, -0.2) is 44.8 Å². The number of carbonyl (C=O) groups excluding carboxylic acids is 1. The van der Waals surface area contributed by atoms with Gasteiger partial charge < -0.3 is 9.80 Å². The predicted octanol–water partition coefficient (Wildman–Crippen LogP) is 2.30. The van der Waals surface area contributed by atoms with E-state index in [-0.39, 0.29) is 5.91 Å². The summed E-state index contributed by atoms with van der Waals surface area (Å²) in [6.45, 7) is 2.53. The Morgan fingerprint density at radius 2 is 2.06 bits per heavy atom. The molecule has 0 fully saturated rings. The Morgan fingerprint density at radius 1 is 1.44 bits per heavy atom. The molecule has 1 aromatic rings. The van der Waals surface area contributed by atoms with Crippen molar-refractivity contribution >= 4 is 34.0 Å². The first-order valence-electron chi connectivity index (χ1n) is 5.01. The lowest BCUT2D eigenvalue weighted by molar-refractivity contribution is -0.118. The zero-order valence-corrected chi connectivity index (χ0v) is 12.0. The predicted molar refractivity (Wildman–Crippen MR) is 72.8 cm³/mol. The van der Waals surface area contributed by atoms with Crippen LogP contribution >= 0.6 is 23.1 Å². The highest BCUT2D eigenvalue weighted by atomic mass is 32.2. The summed E-state index contributed by atoms with van der Waals surface area (Å²) in [5.41, 5.74) is 1.25. The van der Waals surface area contributed by atoms with E-state index < -0.39 is 0 Å². The number of hydrogen-bond donors (Lipinski definition) is 0. The fourth-order valence-corrected chi connectivity index (χ4v) is 3.17. The van der Waals surface area contributed by atoms with Gasteiger partial charge in [0.25, 0.3) is 0 Å². The Hall–Kier alpha value is -0.520. The summed E-state index contributed by atoms with van der Waals surface area (Å²) < 4.78 is 1.28. The van der Waals surface area contributed by atoms with Gasteiger partial charge in [-0.3, -0.25) is 4.79 Å². The molecule has 0 saturated heterocycles. The maximum Gasteiger partial charge on any atom is 0.241 e. The molecule has 1 rings (SSSR count). The van der Waals surface area contributed by atoms with E-state index in [4.69, 9.17) is 0 Å². The normalized spacial score (nSPS) is 10.9. The van der Waals surface area contributed by atoms with Gasteiger partial charge in [-0.25, -0.2) is 0 Å². The second-order valence-corrected chi connectivity index (χ2v) is 6.06. The molecule has 1 heterocycles. The number of likely N-dealkylation sites (N-methyl/N-ethyl adjacent to an activating group) is 2. The minimum atomic E-state index is 0.124. The molecule has 1 amide bonds. The Balaban J connectivity index is 2.79. The minimum Gasteiger partial charge on any atom is -0.306 e. The molecule has 16 heavy (non-hydrogen) atoms. The molecule has 0 saturated carbocycles. The molecule has 0 atom stereocenters. The van der Waals surface area contributed by atoms with Crippen LogP contribution in [-0.2, 0) is 4.79 Å². The first-order chi connectivity index (χ1) is 7.45. The van der Waals surface area contributed by atoms with Crippen molar-refractivity contribution in [2.45, 2.75) is 11.1 Å². The van der Waals surface area contributed by atoms with Crippen molar-refractivity contribution in [2.24, 2.45) is 0 Å². The molecule has 1 aromatic heterocycles. The van der Waals surface area contributed by atoms with Gasteiger partial charge in [0.15, 0.2) is 0 Å². The third-order valence-electron chi connectivity index (χ3n) is 2.20. The summed E-state index contributed by atoms with van der Waals surface area (Å²) in [4.78, 5) is 15.5. The number of rotatable bonds is 4. The van der Waals surface area contributed by atoms with Crippen molar-refractivity contribution in [1.82, 2.24) is 4.90 Å². The quantitative estimate of drug-likeness (QED) is 0.774. The van der Waals surface area contributed by atoms with Crippen molar-refractivity contribution in [2.75, 3.05) is 38.8 Å². The van der Waals surface area contributed by atoms with Crippen LogP contribution in [0.5, 0.6) is 0 Å². The second kappa shape index (κ2) is 5.70. The number of hydrogen-bond acceptors (Lipinski definition) is 4. The summed E-state index contributed by atoms with van der Waals surface area (Å²) in [5, 5.41) is 1.02. The molecule has 0 radical (unpaired) electrons. The average molecular weight is 258 g/mol. The van der Waals surface area contributed by atoms with Crippen molar-refractivity contribution in [3.8, 4) is 0 Å². The summed E-state index contributed by atoms with van der Waals surface area (Å²) >= 11 is 3.40. The highest BCUT2D eigenvalue weighted by Crippen LogP contribution is 2.35. The van der Waals surface area contributed by atoms with Crippen molar-refractivity contribution < 1.29 is 4.79 Å². The SMILES string of the molecule is CSc1sc(N(C)C(=O)CN(C)C)cc1C. The lowest BCUT2D eigenvalue weighted by atomic mass is 10.4. The van der Waals surface area contributed by atoms with Gasteiger partial charge >= 0.3 is 0 Å². The standard InChI is InChI=1S/C11H18N2OS2/c1-8-6-10(16-11(8)15-5)13(4)9(14)7-12(2)3/h6H,7H2,1-5H3. The lowest BCUT2D eigenvalue weighted by Gasteiger charge is -2.17. The number of nitrogens with zero attached hydrogens (tertiary/aromatic N) is 2. The number of thiophene rings is 1. The average Bonchev–Trinajstić information content (AvgIpc) is 2.57. The number of carbonyl (C=O) groups is 1. The van der Waals surface area contributed by atoms with Gasteiger partial charge in [0.1, 0.15) is 0 Å². The smallest absolute Gasteiger partial charge is 0.241 e.